The van der Waals surface area contributed by atoms with E-state index in [0.717, 1.165) is 12.6 Å². The van der Waals surface area contributed by atoms with Crippen LogP contribution in [0.15, 0.2) is 54.9 Å². The maximum atomic E-state index is 13.8. The molecule has 0 amide bonds. The molecule has 5 N–H and O–H groups in total. The van der Waals surface area contributed by atoms with E-state index in [-0.39, 0.29) is 11.6 Å². The molecule has 2 heterocycles. The first kappa shape index (κ1) is 25.4. The Balaban J connectivity index is 0.000000429. The normalized spacial score (nSPS) is 11.2. The number of nitrogen functional groups attached to an aromatic ring is 1. The van der Waals surface area contributed by atoms with Crippen molar-refractivity contribution in [2.24, 2.45) is 0 Å². The van der Waals surface area contributed by atoms with Gasteiger partial charge in [0.15, 0.2) is 5.65 Å². The van der Waals surface area contributed by atoms with Crippen molar-refractivity contribution in [2.45, 2.75) is 19.3 Å². The van der Waals surface area contributed by atoms with Crippen LogP contribution in [0.3, 0.4) is 0 Å². The lowest BCUT2D eigenvalue weighted by Crippen LogP contribution is -2.21. The highest BCUT2D eigenvalue weighted by molar-refractivity contribution is 5.98. The lowest BCUT2D eigenvalue weighted by atomic mass is 10.1. The van der Waals surface area contributed by atoms with Crippen LogP contribution in [0.5, 0.6) is 5.75 Å². The van der Waals surface area contributed by atoms with Crippen molar-refractivity contribution >= 4 is 22.8 Å². The number of nitrogens with one attached hydrogen (secondary N) is 1. The fraction of sp³-hybridized carbons (Fsp3) is 0.182. The van der Waals surface area contributed by atoms with Crippen molar-refractivity contribution in [1.29, 1.82) is 0 Å². The topological polar surface area (TPSA) is 139 Å². The number of hydrogen-bond donors (Lipinski definition) is 4. The van der Waals surface area contributed by atoms with Gasteiger partial charge in [-0.3, -0.25) is 0 Å². The molecule has 0 unspecified atom stereocenters. The summed E-state index contributed by atoms with van der Waals surface area (Å²) in [4.78, 5) is 17.2. The fourth-order valence-electron chi connectivity index (χ4n) is 3.11. The number of aromatic hydroxyl groups is 1. The highest BCUT2D eigenvalue weighted by atomic mass is 19.4. The quantitative estimate of drug-likeness (QED) is 0.237. The van der Waals surface area contributed by atoms with E-state index in [1.165, 1.54) is 24.0 Å². The Labute approximate surface area is 195 Å². The van der Waals surface area contributed by atoms with Gasteiger partial charge in [-0.05, 0) is 17.7 Å². The van der Waals surface area contributed by atoms with Crippen LogP contribution in [0.25, 0.3) is 22.3 Å². The molecule has 35 heavy (non-hydrogen) atoms. The highest BCUT2D eigenvalue weighted by Gasteiger charge is 2.38. The second kappa shape index (κ2) is 10.8. The number of halogens is 4. The summed E-state index contributed by atoms with van der Waals surface area (Å²) in [5.41, 5.74) is 8.64. The van der Waals surface area contributed by atoms with Gasteiger partial charge in [-0.15, -0.1) is 0 Å². The predicted molar refractivity (Wildman–Crippen MR) is 119 cm³/mol. The zero-order valence-electron chi connectivity index (χ0n) is 18.0. The molecular formula is C22H20F4N6O3. The van der Waals surface area contributed by atoms with Gasteiger partial charge in [0.05, 0.1) is 11.9 Å². The van der Waals surface area contributed by atoms with Crippen LogP contribution in [0, 0.1) is 5.82 Å². The number of anilines is 1. The number of carbonyl (C=O) groups is 1. The van der Waals surface area contributed by atoms with Crippen molar-refractivity contribution in [3.8, 4) is 17.0 Å². The van der Waals surface area contributed by atoms with Gasteiger partial charge in [-0.25, -0.2) is 23.8 Å². The van der Waals surface area contributed by atoms with Crippen molar-refractivity contribution in [2.75, 3.05) is 12.3 Å². The standard InChI is InChI=1S/C20H19FN6O.C2HF3O2/c21-15-8-14(9-16(28)10-15)18-17-19(22)24-12-25-20(17)27(26-18)7-6-23-11-13-4-2-1-3-5-13;3-2(4,5)1(6)7/h1-5,8-10,12,23,28H,6-7,11H2,(H2,22,24,25);(H,6,7). The summed E-state index contributed by atoms with van der Waals surface area (Å²) in [7, 11) is 0. The largest absolute Gasteiger partial charge is 0.508 e. The SMILES string of the molecule is Nc1ncnc2c1c(-c1cc(O)cc(F)c1)nn2CCNCc1ccccc1.O=C(O)C(F)(F)F. The summed E-state index contributed by atoms with van der Waals surface area (Å²) >= 11 is 0. The minimum Gasteiger partial charge on any atom is -0.508 e. The molecule has 0 saturated carbocycles. The Morgan fingerprint density at radius 3 is 2.43 bits per heavy atom. The van der Waals surface area contributed by atoms with Crippen LogP contribution in [-0.4, -0.2) is 48.7 Å². The molecule has 0 aliphatic rings. The molecule has 13 heteroatoms. The molecule has 0 spiro atoms. The number of fused-ring (bicyclic) bond motifs is 1. The molecule has 184 valence electrons. The lowest BCUT2D eigenvalue weighted by Gasteiger charge is -2.06. The Morgan fingerprint density at radius 2 is 1.80 bits per heavy atom. The second-order valence-electron chi connectivity index (χ2n) is 7.19. The number of aromatic nitrogens is 4. The van der Waals surface area contributed by atoms with E-state index in [1.54, 1.807) is 4.68 Å². The number of alkyl halides is 3. The van der Waals surface area contributed by atoms with Gasteiger partial charge >= 0.3 is 12.1 Å². The monoisotopic (exact) mass is 492 g/mol. The molecule has 9 nitrogen and oxygen atoms in total. The Kier molecular flexibility index (Phi) is 7.81. The third kappa shape index (κ3) is 6.63. The molecule has 2 aromatic heterocycles. The summed E-state index contributed by atoms with van der Waals surface area (Å²) in [5, 5.41) is 25.3. The average Bonchev–Trinajstić information content (AvgIpc) is 3.17. The van der Waals surface area contributed by atoms with E-state index in [2.05, 4.69) is 32.5 Å². The van der Waals surface area contributed by atoms with Crippen molar-refractivity contribution < 1.29 is 32.6 Å². The minimum atomic E-state index is -5.08. The number of aliphatic carboxylic acids is 1. The van der Waals surface area contributed by atoms with Crippen molar-refractivity contribution in [1.82, 2.24) is 25.1 Å². The number of nitrogens with two attached hydrogens (primary N) is 1. The Bertz CT molecular complexity index is 1290. The minimum absolute atomic E-state index is 0.183. The van der Waals surface area contributed by atoms with Gasteiger partial charge in [-0.1, -0.05) is 30.3 Å². The number of carboxylic acid groups (broad SMARTS) is 1. The van der Waals surface area contributed by atoms with Crippen LogP contribution >= 0.6 is 0 Å². The Hall–Kier alpha value is -4.26. The average molecular weight is 492 g/mol. The smallest absolute Gasteiger partial charge is 0.490 e. The first-order valence-electron chi connectivity index (χ1n) is 10.1. The number of benzene rings is 2. The van der Waals surface area contributed by atoms with E-state index in [9.17, 15) is 22.7 Å². The number of phenolic OH excluding ortho intramolecular Hbond substituents is 1. The third-order valence-corrected chi connectivity index (χ3v) is 4.63. The van der Waals surface area contributed by atoms with Crippen LogP contribution < -0.4 is 11.1 Å². The molecule has 0 bridgehead atoms. The van der Waals surface area contributed by atoms with E-state index < -0.39 is 18.0 Å². The molecule has 0 aliphatic heterocycles. The summed E-state index contributed by atoms with van der Waals surface area (Å²) in [6.07, 6.45) is -3.71. The fourth-order valence-corrected chi connectivity index (χ4v) is 3.11. The molecule has 2 aromatic carbocycles. The first-order valence-corrected chi connectivity index (χ1v) is 10.1. The van der Waals surface area contributed by atoms with E-state index in [1.807, 2.05) is 18.2 Å². The van der Waals surface area contributed by atoms with Gasteiger partial charge in [0, 0.05) is 24.7 Å². The van der Waals surface area contributed by atoms with E-state index in [0.29, 0.717) is 35.4 Å². The molecule has 0 fully saturated rings. The number of hydrogen-bond acceptors (Lipinski definition) is 7. The van der Waals surface area contributed by atoms with Crippen molar-refractivity contribution in [3.05, 3.63) is 66.2 Å². The lowest BCUT2D eigenvalue weighted by molar-refractivity contribution is -0.192. The van der Waals surface area contributed by atoms with Crippen LogP contribution in [0.2, 0.25) is 0 Å². The summed E-state index contributed by atoms with van der Waals surface area (Å²) in [6, 6.07) is 13.9. The zero-order valence-corrected chi connectivity index (χ0v) is 18.0. The van der Waals surface area contributed by atoms with Gasteiger partial charge in [-0.2, -0.15) is 18.3 Å². The highest BCUT2D eigenvalue weighted by Crippen LogP contribution is 2.32. The van der Waals surface area contributed by atoms with Crippen molar-refractivity contribution in [3.63, 3.8) is 0 Å². The number of phenols is 1. The van der Waals surface area contributed by atoms with Gasteiger partial charge < -0.3 is 21.3 Å². The molecule has 0 saturated heterocycles. The molecule has 0 aliphatic carbocycles. The first-order chi connectivity index (χ1) is 16.6. The molecule has 4 rings (SSSR count). The van der Waals surface area contributed by atoms with Gasteiger partial charge in [0.2, 0.25) is 0 Å². The summed E-state index contributed by atoms with van der Waals surface area (Å²) in [5.74, 6) is -3.24. The third-order valence-electron chi connectivity index (χ3n) is 4.63. The molecule has 0 radical (unpaired) electrons. The molecule has 0 atom stereocenters. The maximum absolute atomic E-state index is 13.8. The summed E-state index contributed by atoms with van der Waals surface area (Å²) in [6.45, 7) is 1.94. The molecule has 4 aromatic rings. The zero-order chi connectivity index (χ0) is 25.6. The van der Waals surface area contributed by atoms with E-state index >= 15 is 0 Å². The van der Waals surface area contributed by atoms with Gasteiger partial charge in [0.25, 0.3) is 0 Å². The number of carboxylic acids is 1. The number of rotatable bonds is 6. The van der Waals surface area contributed by atoms with Crippen LogP contribution in [-0.2, 0) is 17.9 Å². The molecular weight excluding hydrogens is 472 g/mol. The summed E-state index contributed by atoms with van der Waals surface area (Å²) < 4.78 is 47.2. The van der Waals surface area contributed by atoms with Gasteiger partial charge in [0.1, 0.15) is 29.4 Å². The Morgan fingerprint density at radius 1 is 1.11 bits per heavy atom. The second-order valence-corrected chi connectivity index (χ2v) is 7.19. The van der Waals surface area contributed by atoms with E-state index in [4.69, 9.17) is 15.6 Å². The predicted octanol–water partition coefficient (Wildman–Crippen LogP) is 3.34. The van der Waals surface area contributed by atoms with Crippen LogP contribution in [0.1, 0.15) is 5.56 Å². The maximum Gasteiger partial charge on any atom is 0.490 e. The van der Waals surface area contributed by atoms with Crippen LogP contribution in [0.4, 0.5) is 23.4 Å². The number of nitrogens with zero attached hydrogens (tertiary/aromatic N) is 4.